The molecule has 2 aromatic carbocycles. The molecule has 0 fully saturated rings. The Bertz CT molecular complexity index is 906. The van der Waals surface area contributed by atoms with Crippen molar-refractivity contribution < 1.29 is 23.9 Å². The number of carbonyl (C=O) groups excluding carboxylic acids is 3. The summed E-state index contributed by atoms with van der Waals surface area (Å²) < 4.78 is 10.4. The summed E-state index contributed by atoms with van der Waals surface area (Å²) in [6.45, 7) is 7.51. The van der Waals surface area contributed by atoms with E-state index in [1.807, 2.05) is 64.1 Å². The van der Waals surface area contributed by atoms with Gasteiger partial charge in [-0.3, -0.25) is 9.59 Å². The molecule has 0 aliphatic heterocycles. The van der Waals surface area contributed by atoms with Gasteiger partial charge in [0.1, 0.15) is 17.3 Å². The van der Waals surface area contributed by atoms with Crippen LogP contribution in [0.15, 0.2) is 48.5 Å². The lowest BCUT2D eigenvalue weighted by molar-refractivity contribution is -0.149. The monoisotopic (exact) mass is 424 g/mol. The fourth-order valence-corrected chi connectivity index (χ4v) is 3.30. The number of rotatable bonds is 9. The number of hydrogen-bond acceptors (Lipinski definition) is 5. The van der Waals surface area contributed by atoms with Crippen molar-refractivity contribution in [3.63, 3.8) is 0 Å². The van der Waals surface area contributed by atoms with Gasteiger partial charge in [0.05, 0.1) is 12.7 Å². The maximum atomic E-state index is 12.6. The van der Waals surface area contributed by atoms with E-state index in [2.05, 4.69) is 0 Å². The maximum absolute atomic E-state index is 12.6. The van der Waals surface area contributed by atoms with E-state index in [0.717, 1.165) is 29.5 Å². The largest absolute Gasteiger partial charge is 0.468 e. The van der Waals surface area contributed by atoms with Gasteiger partial charge in [-0.05, 0) is 56.4 Å². The highest BCUT2D eigenvalue weighted by atomic mass is 16.6. The lowest BCUT2D eigenvalue weighted by Crippen LogP contribution is -2.27. The third kappa shape index (κ3) is 7.06. The standard InChI is InChI=1S/C26H32O5/c1-6-7-12-23(27)22(24(28)30-5)17-18-13-15-19(16-14-18)20-10-8-9-11-21(20)25(29)31-26(2,3)4/h8-11,13-16,22H,6-7,12,17H2,1-5H3. The van der Waals surface area contributed by atoms with E-state index in [1.54, 1.807) is 12.1 Å². The molecule has 1 atom stereocenters. The Kier molecular flexibility index (Phi) is 8.55. The molecule has 166 valence electrons. The van der Waals surface area contributed by atoms with E-state index in [0.29, 0.717) is 18.4 Å². The van der Waals surface area contributed by atoms with Crippen molar-refractivity contribution in [1.82, 2.24) is 0 Å². The van der Waals surface area contributed by atoms with Gasteiger partial charge in [0, 0.05) is 6.42 Å². The molecule has 0 heterocycles. The summed E-state index contributed by atoms with van der Waals surface area (Å²) in [4.78, 5) is 37.3. The lowest BCUT2D eigenvalue weighted by atomic mass is 9.91. The minimum Gasteiger partial charge on any atom is -0.468 e. The van der Waals surface area contributed by atoms with E-state index in [1.165, 1.54) is 7.11 Å². The van der Waals surface area contributed by atoms with Crippen molar-refractivity contribution in [2.45, 2.75) is 59.0 Å². The van der Waals surface area contributed by atoms with Crippen molar-refractivity contribution in [2.75, 3.05) is 7.11 Å². The van der Waals surface area contributed by atoms with Crippen LogP contribution in [0.1, 0.15) is 62.9 Å². The van der Waals surface area contributed by atoms with Crippen LogP contribution < -0.4 is 0 Å². The molecule has 0 saturated heterocycles. The molecule has 0 N–H and O–H groups in total. The third-order valence-corrected chi connectivity index (χ3v) is 4.90. The van der Waals surface area contributed by atoms with Crippen molar-refractivity contribution in [3.8, 4) is 11.1 Å². The van der Waals surface area contributed by atoms with Gasteiger partial charge in [0.25, 0.3) is 0 Å². The number of unbranched alkanes of at least 4 members (excludes halogenated alkanes) is 1. The van der Waals surface area contributed by atoms with Crippen LogP contribution >= 0.6 is 0 Å². The molecule has 2 rings (SSSR count). The second kappa shape index (κ2) is 10.9. The molecule has 31 heavy (non-hydrogen) atoms. The smallest absolute Gasteiger partial charge is 0.339 e. The van der Waals surface area contributed by atoms with Gasteiger partial charge in [-0.2, -0.15) is 0 Å². The summed E-state index contributed by atoms with van der Waals surface area (Å²) >= 11 is 0. The Hall–Kier alpha value is -2.95. The number of ether oxygens (including phenoxy) is 2. The summed E-state index contributed by atoms with van der Waals surface area (Å²) in [6.07, 6.45) is 2.32. The van der Waals surface area contributed by atoms with Crippen LogP contribution in [0.5, 0.6) is 0 Å². The molecule has 0 radical (unpaired) electrons. The number of hydrogen-bond donors (Lipinski definition) is 0. The van der Waals surface area contributed by atoms with E-state index >= 15 is 0 Å². The minimum absolute atomic E-state index is 0.0898. The molecule has 0 aliphatic carbocycles. The van der Waals surface area contributed by atoms with Gasteiger partial charge in [-0.15, -0.1) is 0 Å². The molecular formula is C26H32O5. The first-order valence-electron chi connectivity index (χ1n) is 10.7. The summed E-state index contributed by atoms with van der Waals surface area (Å²) in [7, 11) is 1.30. The number of methoxy groups -OCH3 is 1. The predicted octanol–water partition coefficient (Wildman–Crippen LogP) is 5.40. The number of esters is 2. The molecule has 0 aromatic heterocycles. The SMILES string of the molecule is CCCCC(=O)C(Cc1ccc(-c2ccccc2C(=O)OC(C)(C)C)cc1)C(=O)OC. The molecular weight excluding hydrogens is 392 g/mol. The second-order valence-electron chi connectivity index (χ2n) is 8.59. The van der Waals surface area contributed by atoms with Crippen LogP contribution in [0.25, 0.3) is 11.1 Å². The first-order valence-corrected chi connectivity index (χ1v) is 10.7. The van der Waals surface area contributed by atoms with Crippen LogP contribution in [0.2, 0.25) is 0 Å². The van der Waals surface area contributed by atoms with Crippen molar-refractivity contribution in [2.24, 2.45) is 5.92 Å². The normalized spacial score (nSPS) is 12.2. The minimum atomic E-state index is -0.795. The van der Waals surface area contributed by atoms with Crippen LogP contribution in [0.3, 0.4) is 0 Å². The van der Waals surface area contributed by atoms with Gasteiger partial charge in [-0.1, -0.05) is 55.8 Å². The summed E-state index contributed by atoms with van der Waals surface area (Å²) in [5.74, 6) is -1.76. The highest BCUT2D eigenvalue weighted by Gasteiger charge is 2.27. The lowest BCUT2D eigenvalue weighted by Gasteiger charge is -2.20. The summed E-state index contributed by atoms with van der Waals surface area (Å²) in [5, 5.41) is 0. The topological polar surface area (TPSA) is 69.7 Å². The van der Waals surface area contributed by atoms with Crippen LogP contribution in [-0.4, -0.2) is 30.4 Å². The Balaban J connectivity index is 2.24. The maximum Gasteiger partial charge on any atom is 0.339 e. The van der Waals surface area contributed by atoms with Gasteiger partial charge in [0.15, 0.2) is 0 Å². The Morgan fingerprint density at radius 1 is 0.968 bits per heavy atom. The zero-order valence-corrected chi connectivity index (χ0v) is 19.1. The second-order valence-corrected chi connectivity index (χ2v) is 8.59. The number of benzene rings is 2. The van der Waals surface area contributed by atoms with Crippen molar-refractivity contribution >= 4 is 17.7 Å². The van der Waals surface area contributed by atoms with E-state index < -0.39 is 17.5 Å². The van der Waals surface area contributed by atoms with Crippen LogP contribution in [0, 0.1) is 5.92 Å². The third-order valence-electron chi connectivity index (χ3n) is 4.90. The molecule has 0 spiro atoms. The molecule has 1 unspecified atom stereocenters. The average molecular weight is 425 g/mol. The number of carbonyl (C=O) groups is 3. The highest BCUT2D eigenvalue weighted by molar-refractivity contribution is 5.99. The molecule has 5 heteroatoms. The molecule has 5 nitrogen and oxygen atoms in total. The van der Waals surface area contributed by atoms with E-state index in [4.69, 9.17) is 9.47 Å². The van der Waals surface area contributed by atoms with E-state index in [-0.39, 0.29) is 11.8 Å². The number of ketones is 1. The van der Waals surface area contributed by atoms with Gasteiger partial charge < -0.3 is 9.47 Å². The number of Topliss-reactive ketones (excluding diaryl/α,β-unsaturated/α-hetero) is 1. The quantitative estimate of drug-likeness (QED) is 0.398. The van der Waals surface area contributed by atoms with Crippen LogP contribution in [-0.2, 0) is 25.5 Å². The van der Waals surface area contributed by atoms with Crippen molar-refractivity contribution in [3.05, 3.63) is 59.7 Å². The van der Waals surface area contributed by atoms with Gasteiger partial charge in [0.2, 0.25) is 0 Å². The molecule has 0 aliphatic rings. The predicted molar refractivity (Wildman–Crippen MR) is 121 cm³/mol. The van der Waals surface area contributed by atoms with Gasteiger partial charge in [-0.25, -0.2) is 4.79 Å². The average Bonchev–Trinajstić information content (AvgIpc) is 2.74. The Morgan fingerprint density at radius 2 is 1.61 bits per heavy atom. The fourth-order valence-electron chi connectivity index (χ4n) is 3.30. The summed E-state index contributed by atoms with van der Waals surface area (Å²) in [6, 6.07) is 14.8. The molecule has 0 amide bonds. The fraction of sp³-hybridized carbons (Fsp3) is 0.423. The Labute approximate surface area is 184 Å². The van der Waals surface area contributed by atoms with Gasteiger partial charge >= 0.3 is 11.9 Å². The molecule has 2 aromatic rings. The molecule has 0 bridgehead atoms. The van der Waals surface area contributed by atoms with Crippen LogP contribution in [0.4, 0.5) is 0 Å². The Morgan fingerprint density at radius 3 is 2.19 bits per heavy atom. The first-order chi connectivity index (χ1) is 14.7. The zero-order valence-electron chi connectivity index (χ0n) is 19.1. The zero-order chi connectivity index (χ0) is 23.0. The molecule has 0 saturated carbocycles. The highest BCUT2D eigenvalue weighted by Crippen LogP contribution is 2.27. The summed E-state index contributed by atoms with van der Waals surface area (Å²) in [5.41, 5.74) is 2.40. The van der Waals surface area contributed by atoms with E-state index in [9.17, 15) is 14.4 Å². The first kappa shape index (κ1) is 24.3. The van der Waals surface area contributed by atoms with Crippen molar-refractivity contribution in [1.29, 1.82) is 0 Å².